The Labute approximate surface area is 102 Å². The Balaban J connectivity index is 2.67. The van der Waals surface area contributed by atoms with Crippen LogP contribution in [0.15, 0.2) is 10.5 Å². The number of likely N-dealkylation sites (N-methyl/N-ethyl adjacent to an activating group) is 1. The number of benzene rings is 1. The fraction of sp³-hybridized carbons (Fsp3) is 0.364. The average Bonchev–Trinajstić information content (AvgIpc) is 2.52. The molecule has 1 aliphatic rings. The Hall–Kier alpha value is -0.540. The van der Waals surface area contributed by atoms with E-state index in [0.717, 1.165) is 21.3 Å². The Bertz CT molecular complexity index is 445. The number of hydrogen-bond acceptors (Lipinski definition) is 1. The third-order valence-corrected chi connectivity index (χ3v) is 4.07. The van der Waals surface area contributed by atoms with Gasteiger partial charge in [0.15, 0.2) is 0 Å². The van der Waals surface area contributed by atoms with Gasteiger partial charge in [0.2, 0.25) is 5.91 Å². The van der Waals surface area contributed by atoms with E-state index in [0.29, 0.717) is 18.0 Å². The Morgan fingerprint density at radius 1 is 1.60 bits per heavy atom. The van der Waals surface area contributed by atoms with Gasteiger partial charge in [-0.15, -0.1) is 0 Å². The van der Waals surface area contributed by atoms with Crippen LogP contribution in [0.5, 0.6) is 0 Å². The number of halogens is 2. The van der Waals surface area contributed by atoms with Crippen LogP contribution in [0, 0.1) is 6.92 Å². The lowest BCUT2D eigenvalue weighted by molar-refractivity contribution is -0.117. The third-order valence-electron chi connectivity index (χ3n) is 2.68. The van der Waals surface area contributed by atoms with Gasteiger partial charge in [-0.1, -0.05) is 27.5 Å². The van der Waals surface area contributed by atoms with Gasteiger partial charge in [-0.05, 0) is 25.5 Å². The van der Waals surface area contributed by atoms with Crippen LogP contribution in [0.2, 0.25) is 5.02 Å². The normalized spacial score (nSPS) is 14.7. The van der Waals surface area contributed by atoms with Crippen molar-refractivity contribution in [3.8, 4) is 0 Å². The van der Waals surface area contributed by atoms with E-state index >= 15 is 0 Å². The van der Waals surface area contributed by atoms with Crippen molar-refractivity contribution >= 4 is 39.1 Å². The quantitative estimate of drug-likeness (QED) is 0.776. The van der Waals surface area contributed by atoms with Crippen molar-refractivity contribution in [2.45, 2.75) is 20.3 Å². The number of nitrogens with zero attached hydrogens (tertiary/aromatic N) is 1. The molecule has 0 saturated heterocycles. The molecule has 0 bridgehead atoms. The lowest BCUT2D eigenvalue weighted by Crippen LogP contribution is -2.26. The van der Waals surface area contributed by atoms with Crippen molar-refractivity contribution in [3.05, 3.63) is 26.7 Å². The average molecular weight is 289 g/mol. The topological polar surface area (TPSA) is 20.3 Å². The summed E-state index contributed by atoms with van der Waals surface area (Å²) in [7, 11) is 0. The zero-order valence-electron chi connectivity index (χ0n) is 8.60. The van der Waals surface area contributed by atoms with Crippen molar-refractivity contribution in [1.29, 1.82) is 0 Å². The zero-order valence-corrected chi connectivity index (χ0v) is 10.9. The number of rotatable bonds is 1. The SMILES string of the molecule is CCN1C(=O)Cc2c(Br)c(C)cc(Cl)c21. The minimum Gasteiger partial charge on any atom is -0.311 e. The maximum Gasteiger partial charge on any atom is 0.231 e. The molecule has 0 atom stereocenters. The van der Waals surface area contributed by atoms with Crippen molar-refractivity contribution in [1.82, 2.24) is 0 Å². The molecule has 2 rings (SSSR count). The Morgan fingerprint density at radius 2 is 2.27 bits per heavy atom. The van der Waals surface area contributed by atoms with Crippen LogP contribution in [0.25, 0.3) is 0 Å². The Kier molecular flexibility index (Phi) is 2.77. The van der Waals surface area contributed by atoms with E-state index in [1.165, 1.54) is 0 Å². The van der Waals surface area contributed by atoms with Crippen molar-refractivity contribution in [2.24, 2.45) is 0 Å². The van der Waals surface area contributed by atoms with Crippen molar-refractivity contribution < 1.29 is 4.79 Å². The number of aryl methyl sites for hydroxylation is 1. The largest absolute Gasteiger partial charge is 0.311 e. The van der Waals surface area contributed by atoms with Gasteiger partial charge < -0.3 is 4.90 Å². The van der Waals surface area contributed by atoms with Gasteiger partial charge >= 0.3 is 0 Å². The molecule has 15 heavy (non-hydrogen) atoms. The number of hydrogen-bond donors (Lipinski definition) is 0. The second-order valence-electron chi connectivity index (χ2n) is 3.63. The van der Waals surface area contributed by atoms with Crippen LogP contribution >= 0.6 is 27.5 Å². The highest BCUT2D eigenvalue weighted by molar-refractivity contribution is 9.10. The van der Waals surface area contributed by atoms with E-state index in [4.69, 9.17) is 11.6 Å². The summed E-state index contributed by atoms with van der Waals surface area (Å²) in [4.78, 5) is 13.5. The molecule has 0 aromatic heterocycles. The predicted molar refractivity (Wildman–Crippen MR) is 65.6 cm³/mol. The van der Waals surface area contributed by atoms with Gasteiger partial charge in [0.25, 0.3) is 0 Å². The first-order valence-corrected chi connectivity index (χ1v) is 6.01. The van der Waals surface area contributed by atoms with Crippen LogP contribution in [-0.2, 0) is 11.2 Å². The molecule has 4 heteroatoms. The summed E-state index contributed by atoms with van der Waals surface area (Å²) in [5.41, 5.74) is 2.97. The standard InChI is InChI=1S/C11H11BrClNO/c1-3-14-9(15)5-7-10(12)6(2)4-8(13)11(7)14/h4H,3,5H2,1-2H3. The number of carbonyl (C=O) groups is 1. The molecule has 1 amide bonds. The second-order valence-corrected chi connectivity index (χ2v) is 4.83. The molecule has 1 aromatic carbocycles. The first-order valence-electron chi connectivity index (χ1n) is 4.84. The van der Waals surface area contributed by atoms with Gasteiger partial charge in [-0.3, -0.25) is 4.79 Å². The summed E-state index contributed by atoms with van der Waals surface area (Å²) in [6.45, 7) is 4.60. The molecule has 2 nitrogen and oxygen atoms in total. The molecule has 0 saturated carbocycles. The summed E-state index contributed by atoms with van der Waals surface area (Å²) in [6.07, 6.45) is 0.450. The number of carbonyl (C=O) groups excluding carboxylic acids is 1. The molecule has 0 radical (unpaired) electrons. The van der Waals surface area contributed by atoms with Gasteiger partial charge in [-0.2, -0.15) is 0 Å². The first-order chi connectivity index (χ1) is 7.06. The fourth-order valence-corrected chi connectivity index (χ4v) is 2.79. The lowest BCUT2D eigenvalue weighted by Gasteiger charge is -2.17. The summed E-state index contributed by atoms with van der Waals surface area (Å²) < 4.78 is 1.01. The van der Waals surface area contributed by atoms with Crippen molar-refractivity contribution in [3.63, 3.8) is 0 Å². The fourth-order valence-electron chi connectivity index (χ4n) is 1.97. The van der Waals surface area contributed by atoms with E-state index in [9.17, 15) is 4.79 Å². The highest BCUT2D eigenvalue weighted by atomic mass is 79.9. The van der Waals surface area contributed by atoms with E-state index < -0.39 is 0 Å². The summed E-state index contributed by atoms with van der Waals surface area (Å²) in [5.74, 6) is 0.126. The highest BCUT2D eigenvalue weighted by Crippen LogP contribution is 2.41. The van der Waals surface area contributed by atoms with Gasteiger partial charge in [0.1, 0.15) is 0 Å². The monoisotopic (exact) mass is 287 g/mol. The summed E-state index contributed by atoms with van der Waals surface area (Å²) >= 11 is 9.68. The highest BCUT2D eigenvalue weighted by Gasteiger charge is 2.30. The minimum absolute atomic E-state index is 0.126. The first kappa shape index (κ1) is 11.0. The van der Waals surface area contributed by atoms with Crippen LogP contribution in [0.1, 0.15) is 18.1 Å². The predicted octanol–water partition coefficient (Wildman–Crippen LogP) is 3.32. The van der Waals surface area contributed by atoms with E-state index in [1.807, 2.05) is 19.9 Å². The maximum atomic E-state index is 11.7. The molecule has 1 aliphatic heterocycles. The number of fused-ring (bicyclic) bond motifs is 1. The van der Waals surface area contributed by atoms with E-state index in [1.54, 1.807) is 4.90 Å². The third kappa shape index (κ3) is 1.58. The second kappa shape index (κ2) is 3.80. The smallest absolute Gasteiger partial charge is 0.231 e. The van der Waals surface area contributed by atoms with Gasteiger partial charge in [-0.25, -0.2) is 0 Å². The summed E-state index contributed by atoms with van der Waals surface area (Å²) in [6, 6.07) is 1.89. The molecule has 1 heterocycles. The van der Waals surface area contributed by atoms with Crippen LogP contribution in [0.3, 0.4) is 0 Å². The molecular formula is C11H11BrClNO. The minimum atomic E-state index is 0.126. The number of anilines is 1. The van der Waals surface area contributed by atoms with E-state index in [2.05, 4.69) is 15.9 Å². The van der Waals surface area contributed by atoms with Gasteiger partial charge in [0.05, 0.1) is 17.1 Å². The molecule has 0 N–H and O–H groups in total. The maximum absolute atomic E-state index is 11.7. The van der Waals surface area contributed by atoms with Crippen molar-refractivity contribution in [2.75, 3.05) is 11.4 Å². The molecule has 1 aromatic rings. The molecule has 0 fully saturated rings. The summed E-state index contributed by atoms with van der Waals surface area (Å²) in [5, 5.41) is 0.665. The van der Waals surface area contributed by atoms with Crippen LogP contribution in [0.4, 0.5) is 5.69 Å². The molecule has 0 unspecified atom stereocenters. The van der Waals surface area contributed by atoms with Crippen LogP contribution in [-0.4, -0.2) is 12.5 Å². The molecule has 80 valence electrons. The zero-order chi connectivity index (χ0) is 11.2. The lowest BCUT2D eigenvalue weighted by atomic mass is 10.1. The molecular weight excluding hydrogens is 277 g/mol. The Morgan fingerprint density at radius 3 is 2.87 bits per heavy atom. The van der Waals surface area contributed by atoms with Gasteiger partial charge in [0, 0.05) is 16.6 Å². The van der Waals surface area contributed by atoms with E-state index in [-0.39, 0.29) is 5.91 Å². The number of amides is 1. The molecule has 0 aliphatic carbocycles. The molecule has 0 spiro atoms. The van der Waals surface area contributed by atoms with Crippen LogP contribution < -0.4 is 4.90 Å².